The first-order valence-electron chi connectivity index (χ1n) is 7.17. The van der Waals surface area contributed by atoms with Crippen molar-refractivity contribution >= 4 is 21.9 Å². The van der Waals surface area contributed by atoms with E-state index in [1.807, 2.05) is 0 Å². The molecule has 0 saturated heterocycles. The van der Waals surface area contributed by atoms with Crippen molar-refractivity contribution in [3.63, 3.8) is 0 Å². The molecule has 124 valence electrons. The van der Waals surface area contributed by atoms with E-state index >= 15 is 0 Å². The van der Waals surface area contributed by atoms with Crippen LogP contribution in [0.4, 0.5) is 0 Å². The van der Waals surface area contributed by atoms with Crippen LogP contribution in [0.1, 0.15) is 40.5 Å². The van der Waals surface area contributed by atoms with Crippen LogP contribution in [0.5, 0.6) is 0 Å². The number of rotatable bonds is 10. The molecule has 0 fully saturated rings. The highest BCUT2D eigenvalue weighted by molar-refractivity contribution is 7.89. The Morgan fingerprint density at radius 1 is 1.10 bits per heavy atom. The van der Waals surface area contributed by atoms with Gasteiger partial charge in [0.1, 0.15) is 5.75 Å². The van der Waals surface area contributed by atoms with Gasteiger partial charge in [0, 0.05) is 19.6 Å². The van der Waals surface area contributed by atoms with E-state index in [4.69, 9.17) is 0 Å². The molecule has 0 aromatic carbocycles. The number of amides is 1. The minimum Gasteiger partial charge on any atom is -0.481 e. The number of carbonyl (C=O) groups is 2. The van der Waals surface area contributed by atoms with Crippen molar-refractivity contribution in [2.45, 2.75) is 40.5 Å². The third-order valence-electron chi connectivity index (χ3n) is 3.84. The maximum absolute atomic E-state index is 11.9. The molecular weight excluding hydrogens is 296 g/mol. The van der Waals surface area contributed by atoms with E-state index in [2.05, 4.69) is 5.32 Å². The molecule has 0 atom stereocenters. The van der Waals surface area contributed by atoms with Crippen LogP contribution in [0.25, 0.3) is 0 Å². The largest absolute Gasteiger partial charge is 0.481 e. The highest BCUT2D eigenvalue weighted by Crippen LogP contribution is 2.25. The van der Waals surface area contributed by atoms with Crippen molar-refractivity contribution in [3.05, 3.63) is 0 Å². The molecule has 1 amide bonds. The van der Waals surface area contributed by atoms with Crippen LogP contribution in [0, 0.1) is 5.41 Å². The zero-order chi connectivity index (χ0) is 16.7. The Bertz CT molecular complexity index is 453. The van der Waals surface area contributed by atoms with Gasteiger partial charge in [-0.25, -0.2) is 12.7 Å². The van der Waals surface area contributed by atoms with Gasteiger partial charge >= 0.3 is 5.97 Å². The lowest BCUT2D eigenvalue weighted by Crippen LogP contribution is -2.45. The first-order valence-corrected chi connectivity index (χ1v) is 8.77. The fraction of sp³-hybridized carbons (Fsp3) is 0.846. The molecule has 0 heterocycles. The van der Waals surface area contributed by atoms with Gasteiger partial charge in [0.25, 0.3) is 0 Å². The lowest BCUT2D eigenvalue weighted by molar-refractivity contribution is -0.149. The summed E-state index contributed by atoms with van der Waals surface area (Å²) in [6.07, 6.45) is 0.726. The lowest BCUT2D eigenvalue weighted by atomic mass is 9.82. The summed E-state index contributed by atoms with van der Waals surface area (Å²) in [7, 11) is -3.65. The smallest absolute Gasteiger partial charge is 0.311 e. The third-order valence-corrected chi connectivity index (χ3v) is 5.77. The number of aliphatic carboxylic acids is 1. The summed E-state index contributed by atoms with van der Waals surface area (Å²) in [5.41, 5.74) is -1.05. The van der Waals surface area contributed by atoms with Crippen LogP contribution in [-0.4, -0.2) is 55.1 Å². The predicted molar refractivity (Wildman–Crippen MR) is 80.4 cm³/mol. The quantitative estimate of drug-likeness (QED) is 0.615. The molecule has 0 unspecified atom stereocenters. The predicted octanol–water partition coefficient (Wildman–Crippen LogP) is 0.665. The van der Waals surface area contributed by atoms with Gasteiger partial charge in [0.05, 0.1) is 5.41 Å². The molecular formula is C13H26N2O5S. The summed E-state index contributed by atoms with van der Waals surface area (Å²) in [5.74, 6) is -2.31. The Kier molecular flexibility index (Phi) is 7.87. The number of carboxylic acid groups (broad SMARTS) is 1. The van der Waals surface area contributed by atoms with Crippen LogP contribution < -0.4 is 5.32 Å². The molecule has 0 radical (unpaired) electrons. The Balaban J connectivity index is 4.75. The number of nitrogens with zero attached hydrogens (tertiary/aromatic N) is 1. The van der Waals surface area contributed by atoms with Gasteiger partial charge in [-0.1, -0.05) is 27.7 Å². The number of hydrogen-bond acceptors (Lipinski definition) is 4. The number of carbonyl (C=O) groups excluding carboxylic acids is 1. The fourth-order valence-corrected chi connectivity index (χ4v) is 3.47. The van der Waals surface area contributed by atoms with Crippen molar-refractivity contribution in [1.29, 1.82) is 0 Å². The number of sulfonamides is 1. The van der Waals surface area contributed by atoms with E-state index in [0.29, 0.717) is 25.9 Å². The van der Waals surface area contributed by atoms with Crippen LogP contribution in [-0.2, 0) is 19.6 Å². The third kappa shape index (κ3) is 5.28. The number of carboxylic acids is 1. The van der Waals surface area contributed by atoms with Crippen LogP contribution in [0.3, 0.4) is 0 Å². The molecule has 0 aliphatic heterocycles. The molecule has 8 heteroatoms. The normalized spacial score (nSPS) is 12.4. The van der Waals surface area contributed by atoms with E-state index in [-0.39, 0.29) is 6.54 Å². The molecule has 0 aliphatic carbocycles. The highest BCUT2D eigenvalue weighted by Gasteiger charge is 2.35. The minimum absolute atomic E-state index is 0.0675. The van der Waals surface area contributed by atoms with Gasteiger partial charge in [-0.2, -0.15) is 0 Å². The first-order chi connectivity index (χ1) is 9.69. The van der Waals surface area contributed by atoms with Crippen molar-refractivity contribution in [2.24, 2.45) is 5.41 Å². The zero-order valence-corrected chi connectivity index (χ0v) is 14.0. The standard InChI is InChI=1S/C13H26N2O5S/c1-5-13(6-2,12(17)18)10-14-11(16)9-21(19,20)15(7-3)8-4/h5-10H2,1-4H3,(H,14,16)(H,17,18). The van der Waals surface area contributed by atoms with E-state index in [1.165, 1.54) is 4.31 Å². The maximum Gasteiger partial charge on any atom is 0.311 e. The maximum atomic E-state index is 11.9. The fourth-order valence-electron chi connectivity index (χ4n) is 2.07. The van der Waals surface area contributed by atoms with E-state index in [1.54, 1.807) is 27.7 Å². The second-order valence-electron chi connectivity index (χ2n) is 4.91. The van der Waals surface area contributed by atoms with Gasteiger partial charge in [-0.15, -0.1) is 0 Å². The molecule has 0 aromatic rings. The second kappa shape index (κ2) is 8.33. The Morgan fingerprint density at radius 2 is 1.57 bits per heavy atom. The number of nitrogens with one attached hydrogen (secondary N) is 1. The zero-order valence-electron chi connectivity index (χ0n) is 13.2. The molecule has 0 aliphatic rings. The summed E-state index contributed by atoms with van der Waals surface area (Å²) in [6.45, 7) is 7.39. The van der Waals surface area contributed by atoms with Gasteiger partial charge < -0.3 is 10.4 Å². The van der Waals surface area contributed by atoms with Gasteiger partial charge in [0.15, 0.2) is 0 Å². The van der Waals surface area contributed by atoms with Crippen LogP contribution >= 0.6 is 0 Å². The SMILES string of the molecule is CCN(CC)S(=O)(=O)CC(=O)NCC(CC)(CC)C(=O)O. The molecule has 0 rings (SSSR count). The van der Waals surface area contributed by atoms with Crippen molar-refractivity contribution < 1.29 is 23.1 Å². The summed E-state index contributed by atoms with van der Waals surface area (Å²) >= 11 is 0. The monoisotopic (exact) mass is 322 g/mol. The molecule has 0 bridgehead atoms. The molecule has 0 aromatic heterocycles. The van der Waals surface area contributed by atoms with Crippen LogP contribution in [0.2, 0.25) is 0 Å². The summed E-state index contributed by atoms with van der Waals surface area (Å²) < 4.78 is 25.1. The lowest BCUT2D eigenvalue weighted by Gasteiger charge is -2.27. The Hall–Kier alpha value is -1.15. The highest BCUT2D eigenvalue weighted by atomic mass is 32.2. The average molecular weight is 322 g/mol. The van der Waals surface area contributed by atoms with Gasteiger partial charge in [-0.05, 0) is 12.8 Å². The Morgan fingerprint density at radius 3 is 1.90 bits per heavy atom. The van der Waals surface area contributed by atoms with E-state index in [9.17, 15) is 23.1 Å². The molecule has 0 saturated carbocycles. The van der Waals surface area contributed by atoms with E-state index in [0.717, 1.165) is 0 Å². The minimum atomic E-state index is -3.65. The second-order valence-corrected chi connectivity index (χ2v) is 6.88. The summed E-state index contributed by atoms with van der Waals surface area (Å²) in [5, 5.41) is 11.7. The van der Waals surface area contributed by atoms with Crippen LogP contribution in [0.15, 0.2) is 0 Å². The Labute approximate surface area is 126 Å². The average Bonchev–Trinajstić information content (AvgIpc) is 2.40. The van der Waals surface area contributed by atoms with E-state index < -0.39 is 33.1 Å². The molecule has 2 N–H and O–H groups in total. The van der Waals surface area contributed by atoms with Gasteiger partial charge in [0.2, 0.25) is 15.9 Å². The van der Waals surface area contributed by atoms with Crippen molar-refractivity contribution in [2.75, 3.05) is 25.4 Å². The molecule has 21 heavy (non-hydrogen) atoms. The summed E-state index contributed by atoms with van der Waals surface area (Å²) in [6, 6.07) is 0. The first kappa shape index (κ1) is 19.9. The summed E-state index contributed by atoms with van der Waals surface area (Å²) in [4.78, 5) is 23.1. The van der Waals surface area contributed by atoms with Crippen molar-refractivity contribution in [3.8, 4) is 0 Å². The molecule has 7 nitrogen and oxygen atoms in total. The number of hydrogen-bond donors (Lipinski definition) is 2. The topological polar surface area (TPSA) is 104 Å². The van der Waals surface area contributed by atoms with Crippen molar-refractivity contribution in [1.82, 2.24) is 9.62 Å². The molecule has 0 spiro atoms. The van der Waals surface area contributed by atoms with Gasteiger partial charge in [-0.3, -0.25) is 9.59 Å².